The van der Waals surface area contributed by atoms with Gasteiger partial charge in [0, 0.05) is 12.1 Å². The molecule has 0 radical (unpaired) electrons. The van der Waals surface area contributed by atoms with Crippen LogP contribution >= 0.6 is 23.2 Å². The van der Waals surface area contributed by atoms with E-state index in [1.54, 1.807) is 53.7 Å². The van der Waals surface area contributed by atoms with Crippen LogP contribution in [0.1, 0.15) is 87.5 Å². The summed E-state index contributed by atoms with van der Waals surface area (Å²) in [6.45, 7) is 9.30. The van der Waals surface area contributed by atoms with Crippen LogP contribution in [0.3, 0.4) is 0 Å². The number of carbonyl (C=O) groups excluding carboxylic acids is 3. The molecule has 3 aromatic rings. The highest BCUT2D eigenvalue weighted by Crippen LogP contribution is 2.43. The van der Waals surface area contributed by atoms with Crippen molar-refractivity contribution in [2.75, 3.05) is 4.90 Å². The lowest BCUT2D eigenvalue weighted by Crippen LogP contribution is -2.44. The number of nitrogens with zero attached hydrogens (tertiary/aromatic N) is 3. The molecular formula is C31H32Cl2FN5O6. The van der Waals surface area contributed by atoms with Gasteiger partial charge in [0.05, 0.1) is 16.7 Å². The molecule has 1 aromatic heterocycles. The molecule has 0 atom stereocenters. The number of nitriles is 1. The number of carbonyl (C=O) groups is 3. The monoisotopic (exact) mass is 659 g/mol. The Hall–Kier alpha value is -4.34. The molecule has 14 heteroatoms. The Balaban J connectivity index is 1.54. The molecule has 4 rings (SSSR count). The van der Waals surface area contributed by atoms with Crippen LogP contribution in [0.15, 0.2) is 30.3 Å². The molecule has 2 aromatic carbocycles. The van der Waals surface area contributed by atoms with Crippen LogP contribution in [0.25, 0.3) is 0 Å². The number of halogens is 3. The Morgan fingerprint density at radius 2 is 1.69 bits per heavy atom. The number of imidazole rings is 1. The molecule has 0 bridgehead atoms. The Morgan fingerprint density at radius 3 is 2.24 bits per heavy atom. The second-order valence-electron chi connectivity index (χ2n) is 12.3. The number of anilines is 1. The molecule has 1 aliphatic rings. The number of hydrogen-bond acceptors (Lipinski definition) is 8. The third-order valence-electron chi connectivity index (χ3n) is 6.13. The highest BCUT2D eigenvalue weighted by Gasteiger charge is 2.36. The first-order chi connectivity index (χ1) is 21.0. The maximum Gasteiger partial charge on any atom is 0.427 e. The van der Waals surface area contributed by atoms with Crippen molar-refractivity contribution in [3.63, 3.8) is 0 Å². The first-order valence-electron chi connectivity index (χ1n) is 14.0. The number of benzene rings is 2. The smallest absolute Gasteiger partial charge is 0.427 e. The van der Waals surface area contributed by atoms with E-state index in [0.29, 0.717) is 16.4 Å². The predicted molar refractivity (Wildman–Crippen MR) is 164 cm³/mol. The fourth-order valence-electron chi connectivity index (χ4n) is 4.04. The van der Waals surface area contributed by atoms with E-state index in [1.807, 2.05) is 0 Å². The van der Waals surface area contributed by atoms with E-state index in [1.165, 1.54) is 18.2 Å². The lowest BCUT2D eigenvalue weighted by molar-refractivity contribution is 0.0427. The number of rotatable bonds is 7. The van der Waals surface area contributed by atoms with Crippen LogP contribution in [0, 0.1) is 17.1 Å². The minimum Gasteiger partial charge on any atom is -0.453 e. The summed E-state index contributed by atoms with van der Waals surface area (Å²) < 4.78 is 32.0. The van der Waals surface area contributed by atoms with Gasteiger partial charge in [-0.15, -0.1) is 4.90 Å². The van der Waals surface area contributed by atoms with E-state index < -0.39 is 41.1 Å². The van der Waals surface area contributed by atoms with Gasteiger partial charge in [0.1, 0.15) is 22.6 Å². The molecule has 1 heterocycles. The fourth-order valence-corrected chi connectivity index (χ4v) is 4.44. The van der Waals surface area contributed by atoms with Gasteiger partial charge in [-0.05, 0) is 90.1 Å². The number of aromatic nitrogens is 2. The van der Waals surface area contributed by atoms with E-state index >= 15 is 4.39 Å². The summed E-state index contributed by atoms with van der Waals surface area (Å²) in [7, 11) is 0. The van der Waals surface area contributed by atoms with Gasteiger partial charge in [0.15, 0.2) is 16.7 Å². The van der Waals surface area contributed by atoms with E-state index in [-0.39, 0.29) is 39.5 Å². The third kappa shape index (κ3) is 8.65. The summed E-state index contributed by atoms with van der Waals surface area (Å²) >= 11 is 12.5. The Labute approximate surface area is 269 Å². The van der Waals surface area contributed by atoms with Crippen molar-refractivity contribution in [1.29, 1.82) is 5.26 Å². The van der Waals surface area contributed by atoms with Crippen LogP contribution in [-0.4, -0.2) is 39.3 Å². The SMILES string of the molecule is CC(C)(C)OC(=O)N(C(=O)OC(C)(C)C)c1nc(Cl)c(C(=O)NCc2ccc(Cl)c(Oc3cc(C#N)cc(C4CC4)c3)c2F)[nH]1. The van der Waals surface area contributed by atoms with E-state index in [2.05, 4.69) is 21.4 Å². The maximum atomic E-state index is 15.6. The van der Waals surface area contributed by atoms with Gasteiger partial charge in [-0.2, -0.15) is 10.2 Å². The summed E-state index contributed by atoms with van der Waals surface area (Å²) in [5.74, 6) is -1.75. The van der Waals surface area contributed by atoms with Gasteiger partial charge in [0.2, 0.25) is 5.95 Å². The van der Waals surface area contributed by atoms with Crippen molar-refractivity contribution in [2.45, 2.75) is 78.0 Å². The molecule has 1 aliphatic carbocycles. The molecule has 238 valence electrons. The van der Waals surface area contributed by atoms with Crippen molar-refractivity contribution >= 4 is 47.2 Å². The molecule has 0 aliphatic heterocycles. The number of amides is 3. The highest BCUT2D eigenvalue weighted by molar-refractivity contribution is 6.33. The number of hydrogen-bond donors (Lipinski definition) is 2. The normalized spacial score (nSPS) is 13.1. The fraction of sp³-hybridized carbons (Fsp3) is 0.387. The quantitative estimate of drug-likeness (QED) is 0.259. The Morgan fingerprint density at radius 1 is 1.07 bits per heavy atom. The van der Waals surface area contributed by atoms with E-state index in [4.69, 9.17) is 37.4 Å². The summed E-state index contributed by atoms with van der Waals surface area (Å²) in [5.41, 5.74) is -0.926. The summed E-state index contributed by atoms with van der Waals surface area (Å²) in [6.07, 6.45) is -0.232. The average Bonchev–Trinajstić information content (AvgIpc) is 3.70. The molecule has 11 nitrogen and oxygen atoms in total. The zero-order valence-corrected chi connectivity index (χ0v) is 27.0. The van der Waals surface area contributed by atoms with Crippen LogP contribution in [-0.2, 0) is 16.0 Å². The largest absolute Gasteiger partial charge is 0.453 e. The van der Waals surface area contributed by atoms with Crippen molar-refractivity contribution in [3.8, 4) is 17.6 Å². The van der Waals surface area contributed by atoms with Crippen molar-refractivity contribution in [2.24, 2.45) is 0 Å². The van der Waals surface area contributed by atoms with Crippen molar-refractivity contribution in [3.05, 3.63) is 68.7 Å². The topological polar surface area (TPSA) is 147 Å². The van der Waals surface area contributed by atoms with Gasteiger partial charge in [-0.1, -0.05) is 29.3 Å². The molecule has 1 fully saturated rings. The lowest BCUT2D eigenvalue weighted by atomic mass is 10.1. The standard InChI is InChI=1S/C31H32Cl2FN5O6/c1-30(2,3)44-28(41)39(29(42)45-31(4,5)6)27-37-23(25(33)38-27)26(40)36-15-18-9-10-21(32)24(22(18)34)43-20-12-16(14-35)11-19(13-20)17-7-8-17/h9-13,17H,7-8,15H2,1-6H3,(H,36,40)(H,37,38). The van der Waals surface area contributed by atoms with Gasteiger partial charge in [-0.25, -0.2) is 14.0 Å². The summed E-state index contributed by atoms with van der Waals surface area (Å²) in [5, 5.41) is 11.5. The number of imide groups is 1. The van der Waals surface area contributed by atoms with Crippen molar-refractivity contribution < 1.29 is 33.0 Å². The molecule has 45 heavy (non-hydrogen) atoms. The second-order valence-corrected chi connectivity index (χ2v) is 13.1. The molecule has 0 unspecified atom stereocenters. The minimum atomic E-state index is -1.12. The van der Waals surface area contributed by atoms with Gasteiger partial charge in [-0.3, -0.25) is 4.79 Å². The Kier molecular flexibility index (Phi) is 9.65. The zero-order valence-electron chi connectivity index (χ0n) is 25.5. The van der Waals surface area contributed by atoms with Crippen LogP contribution in [0.4, 0.5) is 19.9 Å². The van der Waals surface area contributed by atoms with Gasteiger partial charge < -0.3 is 24.5 Å². The number of ether oxygens (including phenoxy) is 3. The van der Waals surface area contributed by atoms with Gasteiger partial charge in [0.25, 0.3) is 5.91 Å². The Bertz CT molecular complexity index is 1660. The molecule has 1 saturated carbocycles. The molecule has 3 amide bonds. The maximum absolute atomic E-state index is 15.6. The first-order valence-corrected chi connectivity index (χ1v) is 14.7. The minimum absolute atomic E-state index is 0.0106. The molecule has 0 saturated heterocycles. The zero-order chi connectivity index (χ0) is 33.3. The first kappa shape index (κ1) is 33.6. The van der Waals surface area contributed by atoms with Crippen molar-refractivity contribution in [1.82, 2.24) is 15.3 Å². The summed E-state index contributed by atoms with van der Waals surface area (Å²) in [6, 6.07) is 9.89. The average molecular weight is 661 g/mol. The second kappa shape index (κ2) is 12.9. The van der Waals surface area contributed by atoms with E-state index in [9.17, 15) is 19.6 Å². The number of H-pyrrole nitrogens is 1. The lowest BCUT2D eigenvalue weighted by Gasteiger charge is -2.27. The van der Waals surface area contributed by atoms with Crippen LogP contribution in [0.5, 0.6) is 11.5 Å². The summed E-state index contributed by atoms with van der Waals surface area (Å²) in [4.78, 5) is 45.9. The molecule has 2 N–H and O–H groups in total. The number of nitrogens with one attached hydrogen (secondary N) is 2. The predicted octanol–water partition coefficient (Wildman–Crippen LogP) is 8.00. The van der Waals surface area contributed by atoms with Gasteiger partial charge >= 0.3 is 12.2 Å². The third-order valence-corrected chi connectivity index (χ3v) is 6.70. The molecule has 0 spiro atoms. The van der Waals surface area contributed by atoms with Crippen LogP contribution in [0.2, 0.25) is 10.2 Å². The van der Waals surface area contributed by atoms with E-state index in [0.717, 1.165) is 18.4 Å². The number of aromatic amines is 1. The molecular weight excluding hydrogens is 628 g/mol. The van der Waals surface area contributed by atoms with Crippen LogP contribution < -0.4 is 15.0 Å². The highest BCUT2D eigenvalue weighted by atomic mass is 35.5.